The lowest BCUT2D eigenvalue weighted by atomic mass is 9.87. The minimum atomic E-state index is -0.948. The van der Waals surface area contributed by atoms with Crippen molar-refractivity contribution >= 4 is 5.97 Å². The summed E-state index contributed by atoms with van der Waals surface area (Å²) in [4.78, 5) is 11.6. The molecular formula is C16H24O3. The highest BCUT2D eigenvalue weighted by atomic mass is 16.5. The zero-order chi connectivity index (χ0) is 14.1. The van der Waals surface area contributed by atoms with Crippen molar-refractivity contribution in [1.82, 2.24) is 0 Å². The van der Waals surface area contributed by atoms with Crippen molar-refractivity contribution in [2.75, 3.05) is 6.61 Å². The Morgan fingerprint density at radius 3 is 2.47 bits per heavy atom. The third-order valence-electron chi connectivity index (χ3n) is 3.22. The fourth-order valence-corrected chi connectivity index (χ4v) is 2.27. The van der Waals surface area contributed by atoms with Gasteiger partial charge in [-0.1, -0.05) is 43.7 Å². The molecule has 0 fully saturated rings. The molecule has 3 nitrogen and oxygen atoms in total. The molecule has 1 aromatic carbocycles. The molecule has 19 heavy (non-hydrogen) atoms. The van der Waals surface area contributed by atoms with E-state index in [4.69, 9.17) is 4.74 Å². The molecular weight excluding hydrogens is 240 g/mol. The minimum absolute atomic E-state index is 0.0848. The number of ether oxygens (including phenoxy) is 1. The van der Waals surface area contributed by atoms with Crippen LogP contribution in [-0.2, 0) is 16.0 Å². The van der Waals surface area contributed by atoms with Gasteiger partial charge in [-0.25, -0.2) is 0 Å². The fraction of sp³-hybridized carbons (Fsp3) is 0.562. The molecule has 1 aromatic rings. The van der Waals surface area contributed by atoms with Crippen molar-refractivity contribution in [3.8, 4) is 0 Å². The summed E-state index contributed by atoms with van der Waals surface area (Å²) in [5.74, 6) is -0.313. The van der Waals surface area contributed by atoms with Gasteiger partial charge in [0.2, 0.25) is 0 Å². The Labute approximate surface area is 115 Å². The molecule has 3 heteroatoms. The zero-order valence-corrected chi connectivity index (χ0v) is 11.9. The standard InChI is InChI=1S/C16H24O3/c1-3-11-16(18,13-15(17)19-4-2)12-10-14-8-6-5-7-9-14/h5-9,18H,3-4,10-13H2,1-2H3/t16-/m1/s1. The normalized spacial score (nSPS) is 13.8. The zero-order valence-electron chi connectivity index (χ0n) is 11.9. The first-order valence-electron chi connectivity index (χ1n) is 7.01. The Morgan fingerprint density at radius 1 is 1.21 bits per heavy atom. The first kappa shape index (κ1) is 15.7. The second kappa shape index (κ2) is 7.95. The average Bonchev–Trinajstić information content (AvgIpc) is 2.38. The molecule has 0 aliphatic rings. The largest absolute Gasteiger partial charge is 0.466 e. The van der Waals surface area contributed by atoms with Crippen LogP contribution in [0.5, 0.6) is 0 Å². The molecule has 0 unspecified atom stereocenters. The number of aryl methyl sites for hydroxylation is 1. The van der Waals surface area contributed by atoms with Crippen LogP contribution in [0.2, 0.25) is 0 Å². The quantitative estimate of drug-likeness (QED) is 0.734. The van der Waals surface area contributed by atoms with Crippen LogP contribution in [0.4, 0.5) is 0 Å². The molecule has 0 saturated carbocycles. The highest BCUT2D eigenvalue weighted by molar-refractivity contribution is 5.70. The molecule has 0 amide bonds. The van der Waals surface area contributed by atoms with Gasteiger partial charge in [-0.3, -0.25) is 4.79 Å². The van der Waals surface area contributed by atoms with Gasteiger partial charge in [-0.2, -0.15) is 0 Å². The van der Waals surface area contributed by atoms with Crippen molar-refractivity contribution in [2.24, 2.45) is 0 Å². The predicted octanol–water partition coefficient (Wildman–Crippen LogP) is 3.10. The van der Waals surface area contributed by atoms with Crippen molar-refractivity contribution in [3.05, 3.63) is 35.9 Å². The van der Waals surface area contributed by atoms with E-state index >= 15 is 0 Å². The summed E-state index contributed by atoms with van der Waals surface area (Å²) in [6.07, 6.45) is 2.92. The maximum atomic E-state index is 11.6. The van der Waals surface area contributed by atoms with Crippen LogP contribution < -0.4 is 0 Å². The number of rotatable bonds is 8. The predicted molar refractivity (Wildman–Crippen MR) is 75.9 cm³/mol. The minimum Gasteiger partial charge on any atom is -0.466 e. The Morgan fingerprint density at radius 2 is 1.89 bits per heavy atom. The summed E-state index contributed by atoms with van der Waals surface area (Å²) >= 11 is 0. The van der Waals surface area contributed by atoms with Gasteiger partial charge in [-0.05, 0) is 31.7 Å². The first-order chi connectivity index (χ1) is 9.09. The fourth-order valence-electron chi connectivity index (χ4n) is 2.27. The molecule has 0 spiro atoms. The number of carbonyl (C=O) groups excluding carboxylic acids is 1. The van der Waals surface area contributed by atoms with E-state index in [-0.39, 0.29) is 12.4 Å². The van der Waals surface area contributed by atoms with Crippen LogP contribution in [0.25, 0.3) is 0 Å². The molecule has 0 heterocycles. The van der Waals surface area contributed by atoms with Crippen molar-refractivity contribution in [2.45, 2.75) is 51.6 Å². The molecule has 0 aromatic heterocycles. The Bertz CT molecular complexity index is 375. The van der Waals surface area contributed by atoms with Crippen molar-refractivity contribution < 1.29 is 14.6 Å². The van der Waals surface area contributed by atoms with Gasteiger partial charge in [0.25, 0.3) is 0 Å². The lowest BCUT2D eigenvalue weighted by Crippen LogP contribution is -2.33. The SMILES string of the molecule is CCC[C@@](O)(CCc1ccccc1)CC(=O)OCC. The van der Waals surface area contributed by atoms with Crippen LogP contribution in [0.3, 0.4) is 0 Å². The van der Waals surface area contributed by atoms with Gasteiger partial charge in [0.15, 0.2) is 0 Å². The second-order valence-electron chi connectivity index (χ2n) is 4.94. The third-order valence-corrected chi connectivity index (χ3v) is 3.22. The van der Waals surface area contributed by atoms with E-state index in [1.807, 2.05) is 37.3 Å². The summed E-state index contributed by atoms with van der Waals surface area (Å²) in [5.41, 5.74) is 0.234. The molecule has 0 saturated heterocycles. The molecule has 0 aliphatic heterocycles. The summed E-state index contributed by atoms with van der Waals surface area (Å²) in [7, 11) is 0. The van der Waals surface area contributed by atoms with E-state index in [0.717, 1.165) is 12.8 Å². The van der Waals surface area contributed by atoms with E-state index in [2.05, 4.69) is 0 Å². The van der Waals surface area contributed by atoms with Gasteiger partial charge >= 0.3 is 5.97 Å². The number of carbonyl (C=O) groups is 1. The number of aliphatic hydroxyl groups is 1. The van der Waals surface area contributed by atoms with E-state index in [9.17, 15) is 9.90 Å². The smallest absolute Gasteiger partial charge is 0.308 e. The van der Waals surface area contributed by atoms with Gasteiger partial charge in [0.1, 0.15) is 0 Å². The van der Waals surface area contributed by atoms with Crippen LogP contribution in [-0.4, -0.2) is 23.3 Å². The lowest BCUT2D eigenvalue weighted by molar-refractivity contribution is -0.149. The van der Waals surface area contributed by atoms with Crippen LogP contribution in [0.15, 0.2) is 30.3 Å². The third kappa shape index (κ3) is 5.88. The van der Waals surface area contributed by atoms with Crippen LogP contribution in [0.1, 0.15) is 45.1 Å². The number of hydrogen-bond acceptors (Lipinski definition) is 3. The molecule has 1 atom stereocenters. The first-order valence-corrected chi connectivity index (χ1v) is 7.01. The monoisotopic (exact) mass is 264 g/mol. The maximum Gasteiger partial charge on any atom is 0.308 e. The van der Waals surface area contributed by atoms with Crippen LogP contribution in [0, 0.1) is 0 Å². The molecule has 1 N–H and O–H groups in total. The van der Waals surface area contributed by atoms with Gasteiger partial charge in [0, 0.05) is 0 Å². The molecule has 0 aliphatic carbocycles. The lowest BCUT2D eigenvalue weighted by Gasteiger charge is -2.27. The van der Waals surface area contributed by atoms with Gasteiger partial charge < -0.3 is 9.84 Å². The number of hydrogen-bond donors (Lipinski definition) is 1. The van der Waals surface area contributed by atoms with E-state index < -0.39 is 5.60 Å². The topological polar surface area (TPSA) is 46.5 Å². The van der Waals surface area contributed by atoms with Gasteiger partial charge in [0.05, 0.1) is 18.6 Å². The Balaban J connectivity index is 2.57. The van der Waals surface area contributed by atoms with Crippen molar-refractivity contribution in [1.29, 1.82) is 0 Å². The number of benzene rings is 1. The van der Waals surface area contributed by atoms with Crippen molar-refractivity contribution in [3.63, 3.8) is 0 Å². The van der Waals surface area contributed by atoms with E-state index in [1.165, 1.54) is 5.56 Å². The molecule has 0 radical (unpaired) electrons. The Hall–Kier alpha value is -1.35. The molecule has 1 rings (SSSR count). The van der Waals surface area contributed by atoms with Gasteiger partial charge in [-0.15, -0.1) is 0 Å². The highest BCUT2D eigenvalue weighted by Crippen LogP contribution is 2.24. The maximum absolute atomic E-state index is 11.6. The Kier molecular flexibility index (Phi) is 6.57. The summed E-state index contributed by atoms with van der Waals surface area (Å²) in [6, 6.07) is 10.0. The average molecular weight is 264 g/mol. The van der Waals surface area contributed by atoms with Crippen LogP contribution >= 0.6 is 0 Å². The van der Waals surface area contributed by atoms with E-state index in [1.54, 1.807) is 6.92 Å². The summed E-state index contributed by atoms with van der Waals surface area (Å²) < 4.78 is 4.94. The second-order valence-corrected chi connectivity index (χ2v) is 4.94. The molecule has 0 bridgehead atoms. The van der Waals surface area contributed by atoms with E-state index in [0.29, 0.717) is 19.4 Å². The molecule has 106 valence electrons. The highest BCUT2D eigenvalue weighted by Gasteiger charge is 2.29. The summed E-state index contributed by atoms with van der Waals surface area (Å²) in [6.45, 7) is 4.15. The summed E-state index contributed by atoms with van der Waals surface area (Å²) in [5, 5.41) is 10.6. The number of esters is 1.